The summed E-state index contributed by atoms with van der Waals surface area (Å²) in [6, 6.07) is 1.82. The predicted octanol–water partition coefficient (Wildman–Crippen LogP) is 2.48. The Bertz CT molecular complexity index is 281. The maximum atomic E-state index is 10.2. The van der Waals surface area contributed by atoms with Gasteiger partial charge in [-0.25, -0.2) is 9.97 Å². The SMILES string of the molecule is OC(c1ccncn1)C1CCCCCC1. The van der Waals surface area contributed by atoms with E-state index in [-0.39, 0.29) is 0 Å². The van der Waals surface area contributed by atoms with Gasteiger partial charge in [0.05, 0.1) is 11.8 Å². The van der Waals surface area contributed by atoms with E-state index in [9.17, 15) is 5.11 Å². The summed E-state index contributed by atoms with van der Waals surface area (Å²) < 4.78 is 0. The van der Waals surface area contributed by atoms with Crippen molar-refractivity contribution in [3.8, 4) is 0 Å². The van der Waals surface area contributed by atoms with Crippen molar-refractivity contribution >= 4 is 0 Å². The maximum absolute atomic E-state index is 10.2. The molecule has 82 valence electrons. The third kappa shape index (κ3) is 2.75. The van der Waals surface area contributed by atoms with Crippen LogP contribution in [0.2, 0.25) is 0 Å². The average Bonchev–Trinajstić information content (AvgIpc) is 2.58. The molecular weight excluding hydrogens is 188 g/mol. The Kier molecular flexibility index (Phi) is 3.67. The summed E-state index contributed by atoms with van der Waals surface area (Å²) in [7, 11) is 0. The first-order chi connectivity index (χ1) is 7.38. The van der Waals surface area contributed by atoms with Crippen molar-refractivity contribution in [3.63, 3.8) is 0 Å². The molecule has 1 aromatic heterocycles. The summed E-state index contributed by atoms with van der Waals surface area (Å²) in [5.41, 5.74) is 0.775. The summed E-state index contributed by atoms with van der Waals surface area (Å²) in [5, 5.41) is 10.2. The van der Waals surface area contributed by atoms with Crippen LogP contribution in [-0.2, 0) is 0 Å². The van der Waals surface area contributed by atoms with E-state index in [1.165, 1.54) is 32.0 Å². The lowest BCUT2D eigenvalue weighted by Crippen LogP contribution is -2.13. The molecule has 1 fully saturated rings. The fraction of sp³-hybridized carbons (Fsp3) is 0.667. The number of hydrogen-bond donors (Lipinski definition) is 1. The summed E-state index contributed by atoms with van der Waals surface area (Å²) in [6.07, 6.45) is 10.2. The Labute approximate surface area is 90.6 Å². The van der Waals surface area contributed by atoms with Crippen molar-refractivity contribution in [3.05, 3.63) is 24.3 Å². The molecule has 0 radical (unpaired) electrons. The van der Waals surface area contributed by atoms with E-state index in [0.29, 0.717) is 5.92 Å². The van der Waals surface area contributed by atoms with Gasteiger partial charge in [-0.1, -0.05) is 25.7 Å². The molecule has 0 aromatic carbocycles. The van der Waals surface area contributed by atoms with Gasteiger partial charge in [0, 0.05) is 6.20 Å². The standard InChI is InChI=1S/C12H18N2O/c15-12(11-7-8-13-9-14-11)10-5-3-1-2-4-6-10/h7-10,12,15H,1-6H2. The summed E-state index contributed by atoms with van der Waals surface area (Å²) >= 11 is 0. The fourth-order valence-electron chi connectivity index (χ4n) is 2.34. The Balaban J connectivity index is 2.03. The number of nitrogens with zero attached hydrogens (tertiary/aromatic N) is 2. The molecular formula is C12H18N2O. The van der Waals surface area contributed by atoms with Gasteiger partial charge >= 0.3 is 0 Å². The molecule has 0 amide bonds. The summed E-state index contributed by atoms with van der Waals surface area (Å²) in [5.74, 6) is 0.391. The number of aliphatic hydroxyl groups is 1. The third-order valence-electron chi connectivity index (χ3n) is 3.25. The molecule has 1 N–H and O–H groups in total. The smallest absolute Gasteiger partial charge is 0.115 e. The Morgan fingerprint density at radius 3 is 2.53 bits per heavy atom. The Morgan fingerprint density at radius 1 is 1.20 bits per heavy atom. The Morgan fingerprint density at radius 2 is 1.93 bits per heavy atom. The van der Waals surface area contributed by atoms with Crippen LogP contribution in [-0.4, -0.2) is 15.1 Å². The predicted molar refractivity (Wildman–Crippen MR) is 58.2 cm³/mol. The van der Waals surface area contributed by atoms with E-state index >= 15 is 0 Å². The van der Waals surface area contributed by atoms with E-state index in [1.807, 2.05) is 6.07 Å². The second-order valence-corrected chi connectivity index (χ2v) is 4.33. The van der Waals surface area contributed by atoms with Gasteiger partial charge in [0.15, 0.2) is 0 Å². The molecule has 1 aliphatic carbocycles. The van der Waals surface area contributed by atoms with Crippen molar-refractivity contribution in [1.82, 2.24) is 9.97 Å². The average molecular weight is 206 g/mol. The van der Waals surface area contributed by atoms with Crippen molar-refractivity contribution in [2.45, 2.75) is 44.6 Å². The van der Waals surface area contributed by atoms with Crippen LogP contribution in [0, 0.1) is 5.92 Å². The largest absolute Gasteiger partial charge is 0.387 e. The van der Waals surface area contributed by atoms with Crippen molar-refractivity contribution in [1.29, 1.82) is 0 Å². The number of rotatable bonds is 2. The Hall–Kier alpha value is -0.960. The van der Waals surface area contributed by atoms with Gasteiger partial charge in [-0.3, -0.25) is 0 Å². The molecule has 0 aliphatic heterocycles. The van der Waals surface area contributed by atoms with Crippen LogP contribution in [0.4, 0.5) is 0 Å². The van der Waals surface area contributed by atoms with Crippen LogP contribution >= 0.6 is 0 Å². The first kappa shape index (κ1) is 10.6. The first-order valence-electron chi connectivity index (χ1n) is 5.82. The molecule has 0 saturated heterocycles. The summed E-state index contributed by atoms with van der Waals surface area (Å²) in [6.45, 7) is 0. The third-order valence-corrected chi connectivity index (χ3v) is 3.25. The minimum atomic E-state index is -0.397. The number of aliphatic hydroxyl groups excluding tert-OH is 1. The first-order valence-corrected chi connectivity index (χ1v) is 5.82. The highest BCUT2D eigenvalue weighted by molar-refractivity contribution is 5.03. The lowest BCUT2D eigenvalue weighted by molar-refractivity contribution is 0.0946. The van der Waals surface area contributed by atoms with Crippen LogP contribution in [0.3, 0.4) is 0 Å². The molecule has 1 heterocycles. The highest BCUT2D eigenvalue weighted by Crippen LogP contribution is 2.32. The van der Waals surface area contributed by atoms with E-state index < -0.39 is 6.10 Å². The van der Waals surface area contributed by atoms with Crippen LogP contribution < -0.4 is 0 Å². The van der Waals surface area contributed by atoms with Crippen LogP contribution in [0.25, 0.3) is 0 Å². The summed E-state index contributed by atoms with van der Waals surface area (Å²) in [4.78, 5) is 7.99. The highest BCUT2D eigenvalue weighted by atomic mass is 16.3. The zero-order chi connectivity index (χ0) is 10.5. The highest BCUT2D eigenvalue weighted by Gasteiger charge is 2.22. The molecule has 0 bridgehead atoms. The van der Waals surface area contributed by atoms with E-state index in [4.69, 9.17) is 0 Å². The molecule has 15 heavy (non-hydrogen) atoms. The van der Waals surface area contributed by atoms with E-state index in [2.05, 4.69) is 9.97 Å². The molecule has 2 rings (SSSR count). The van der Waals surface area contributed by atoms with Crippen molar-refractivity contribution < 1.29 is 5.11 Å². The van der Waals surface area contributed by atoms with Gasteiger partial charge in [0.1, 0.15) is 6.33 Å². The van der Waals surface area contributed by atoms with Gasteiger partial charge in [-0.05, 0) is 24.8 Å². The van der Waals surface area contributed by atoms with Gasteiger partial charge in [-0.2, -0.15) is 0 Å². The molecule has 3 nitrogen and oxygen atoms in total. The van der Waals surface area contributed by atoms with Gasteiger partial charge in [0.25, 0.3) is 0 Å². The van der Waals surface area contributed by atoms with Crippen LogP contribution in [0.15, 0.2) is 18.6 Å². The molecule has 1 aliphatic rings. The molecule has 1 aromatic rings. The molecule has 1 saturated carbocycles. The lowest BCUT2D eigenvalue weighted by Gasteiger charge is -2.20. The number of hydrogen-bond acceptors (Lipinski definition) is 3. The van der Waals surface area contributed by atoms with Crippen LogP contribution in [0.5, 0.6) is 0 Å². The fourth-order valence-corrected chi connectivity index (χ4v) is 2.34. The second-order valence-electron chi connectivity index (χ2n) is 4.33. The molecule has 0 spiro atoms. The molecule has 3 heteroatoms. The van der Waals surface area contributed by atoms with Gasteiger partial charge < -0.3 is 5.11 Å². The van der Waals surface area contributed by atoms with Gasteiger partial charge in [-0.15, -0.1) is 0 Å². The lowest BCUT2D eigenvalue weighted by atomic mass is 9.92. The minimum Gasteiger partial charge on any atom is -0.387 e. The van der Waals surface area contributed by atoms with Crippen molar-refractivity contribution in [2.24, 2.45) is 5.92 Å². The maximum Gasteiger partial charge on any atom is 0.115 e. The molecule has 1 unspecified atom stereocenters. The normalized spacial score (nSPS) is 20.9. The topological polar surface area (TPSA) is 46.0 Å². The second kappa shape index (κ2) is 5.21. The quantitative estimate of drug-likeness (QED) is 0.756. The molecule has 1 atom stereocenters. The zero-order valence-corrected chi connectivity index (χ0v) is 8.97. The van der Waals surface area contributed by atoms with Crippen LogP contribution in [0.1, 0.15) is 50.3 Å². The van der Waals surface area contributed by atoms with Gasteiger partial charge in [0.2, 0.25) is 0 Å². The number of aromatic nitrogens is 2. The van der Waals surface area contributed by atoms with E-state index in [0.717, 1.165) is 18.5 Å². The zero-order valence-electron chi connectivity index (χ0n) is 8.97. The van der Waals surface area contributed by atoms with E-state index in [1.54, 1.807) is 6.20 Å². The minimum absolute atomic E-state index is 0.391. The van der Waals surface area contributed by atoms with Crippen molar-refractivity contribution in [2.75, 3.05) is 0 Å². The monoisotopic (exact) mass is 206 g/mol.